The SMILES string of the molecule is C.CN(C)c1ccnc2sc3c(=O)n(-c4ccc(O)cc4)ccc3c12.COc1ccc(-n2ccc3c(sc4nccc(N(C)C)c43)c2=O)cc1.[B][B]B(B([B])[B])B([B])[B]. The van der Waals surface area contributed by atoms with E-state index in [2.05, 4.69) is 9.97 Å². The van der Waals surface area contributed by atoms with Crippen molar-refractivity contribution >= 4 is 140 Å². The number of benzene rings is 2. The summed E-state index contributed by atoms with van der Waals surface area (Å²) < 4.78 is 9.83. The second kappa shape index (κ2) is 19.3. The zero-order valence-electron chi connectivity index (χ0n) is 32.6. The molecule has 21 heteroatoms. The molecule has 0 aliphatic heterocycles. The Morgan fingerprint density at radius 2 is 1.08 bits per heavy atom. The molecule has 0 spiro atoms. The van der Waals surface area contributed by atoms with Gasteiger partial charge in [0.1, 0.15) is 30.6 Å². The highest BCUT2D eigenvalue weighted by atomic mass is 32.1. The minimum absolute atomic E-state index is 0. The predicted octanol–water partition coefficient (Wildman–Crippen LogP) is 4.26. The molecule has 0 amide bonds. The fourth-order valence-corrected chi connectivity index (χ4v) is 8.55. The number of hydrogen-bond donors (Lipinski definition) is 1. The topological polar surface area (TPSA) is 106 Å². The molecule has 2 aromatic carbocycles. The number of fused-ring (bicyclic) bond motifs is 6. The molecule has 0 atom stereocenters. The number of phenolic OH excluding ortho intramolecular Hbond substituents is 1. The molecule has 6 heterocycles. The molecule has 8 rings (SSSR count). The fourth-order valence-electron chi connectivity index (χ4n) is 6.37. The van der Waals surface area contributed by atoms with Crippen molar-refractivity contribution in [3.63, 3.8) is 0 Å². The molecule has 0 unspecified atom stereocenters. The average Bonchev–Trinajstić information content (AvgIpc) is 3.79. The first-order valence-electron chi connectivity index (χ1n) is 18.0. The fraction of sp³-hybridized carbons (Fsp3) is 0.158. The third-order valence-corrected chi connectivity index (χ3v) is 11.6. The van der Waals surface area contributed by atoms with Crippen molar-refractivity contribution in [3.8, 4) is 22.9 Å². The summed E-state index contributed by atoms with van der Waals surface area (Å²) in [5, 5.41) is 13.3. The second-order valence-electron chi connectivity index (χ2n) is 13.6. The van der Waals surface area contributed by atoms with E-state index in [0.29, 0.717) is 4.70 Å². The number of thiophene rings is 2. The minimum atomic E-state index is -0.574. The van der Waals surface area contributed by atoms with Crippen molar-refractivity contribution in [1.29, 1.82) is 0 Å². The normalized spacial score (nSPS) is 10.5. The molecular formula is C38H36B9N6O4S2. The molecule has 6 aromatic heterocycles. The quantitative estimate of drug-likeness (QED) is 0.228. The van der Waals surface area contributed by atoms with Gasteiger partial charge in [-0.3, -0.25) is 18.7 Å². The highest BCUT2D eigenvalue weighted by Gasteiger charge is 2.19. The number of methoxy groups -OCH3 is 1. The van der Waals surface area contributed by atoms with E-state index >= 15 is 0 Å². The Morgan fingerprint density at radius 1 is 0.678 bits per heavy atom. The first kappa shape index (κ1) is 45.0. The number of hydrogen-bond acceptors (Lipinski definition) is 10. The van der Waals surface area contributed by atoms with Crippen LogP contribution < -0.4 is 25.7 Å². The van der Waals surface area contributed by atoms with Crippen LogP contribution in [0.4, 0.5) is 11.4 Å². The van der Waals surface area contributed by atoms with Gasteiger partial charge in [-0.1, -0.05) is 7.43 Å². The third-order valence-electron chi connectivity index (χ3n) is 9.37. The number of aromatic hydroxyl groups is 1. The second-order valence-corrected chi connectivity index (χ2v) is 15.6. The Bertz CT molecular complexity index is 2810. The summed E-state index contributed by atoms with van der Waals surface area (Å²) >= 11 is 2.85. The van der Waals surface area contributed by atoms with Gasteiger partial charge in [-0.05, 0) is 72.8 Å². The summed E-state index contributed by atoms with van der Waals surface area (Å²) in [6.45, 7) is 0. The van der Waals surface area contributed by atoms with Crippen LogP contribution in [0.5, 0.6) is 11.5 Å². The summed E-state index contributed by atoms with van der Waals surface area (Å²) in [5.74, 6) is 0.939. The average molecular weight is 802 g/mol. The van der Waals surface area contributed by atoms with Crippen LogP contribution in [0.15, 0.2) is 107 Å². The summed E-state index contributed by atoms with van der Waals surface area (Å²) in [7, 11) is 37.0. The first-order chi connectivity index (χ1) is 27.7. The number of aromatic nitrogens is 4. The van der Waals surface area contributed by atoms with Gasteiger partial charge in [0.2, 0.25) is 0 Å². The zero-order chi connectivity index (χ0) is 41.8. The smallest absolute Gasteiger partial charge is 0.273 e. The van der Waals surface area contributed by atoms with Gasteiger partial charge >= 0.3 is 0 Å². The summed E-state index contributed by atoms with van der Waals surface area (Å²) in [6.07, 6.45) is 5.69. The van der Waals surface area contributed by atoms with Crippen LogP contribution in [0.1, 0.15) is 7.43 Å². The van der Waals surface area contributed by atoms with Gasteiger partial charge < -0.3 is 19.6 Å². The van der Waals surface area contributed by atoms with E-state index in [1.165, 1.54) is 29.7 Å². The van der Waals surface area contributed by atoms with Crippen molar-refractivity contribution in [1.82, 2.24) is 19.1 Å². The predicted molar refractivity (Wildman–Crippen MR) is 261 cm³/mol. The van der Waals surface area contributed by atoms with E-state index in [9.17, 15) is 14.7 Å². The number of rotatable bonds is 8. The third kappa shape index (κ3) is 9.36. The summed E-state index contributed by atoms with van der Waals surface area (Å²) in [5.41, 5.74) is 3.54. The van der Waals surface area contributed by atoms with Crippen LogP contribution in [-0.4, -0.2) is 124 Å². The number of pyridine rings is 4. The molecule has 59 heavy (non-hydrogen) atoms. The number of phenols is 1. The standard InChI is InChI=1S/C19H17N3O2S.C18H15N3O2S.CH4.B9/c1-21(2)15-8-10-20-18-16(15)14-9-11-22(19(23)17(14)25-18)12-4-6-13(24-3)7-5-12;1-20(2)14-7-9-19-17-15(14)13-8-10-21(18(23)16(13)24-17)11-3-5-12(22)6-4-11;;1-6-9(7(2)3)8(4)5/h4-11H,1-3H3;3-10,22H,1-2H3;1H4;. The monoisotopic (exact) mass is 803 g/mol. The van der Waals surface area contributed by atoms with E-state index in [0.717, 1.165) is 64.4 Å². The Morgan fingerprint density at radius 3 is 1.42 bits per heavy atom. The van der Waals surface area contributed by atoms with Crippen LogP contribution in [-0.2, 0) is 0 Å². The van der Waals surface area contributed by atoms with Gasteiger partial charge in [-0.25, -0.2) is 9.97 Å². The van der Waals surface area contributed by atoms with E-state index in [1.54, 1.807) is 59.1 Å². The van der Waals surface area contributed by atoms with E-state index in [4.69, 9.17) is 43.4 Å². The minimum Gasteiger partial charge on any atom is -0.508 e. The largest absolute Gasteiger partial charge is 0.508 e. The molecule has 0 saturated carbocycles. The molecule has 0 aliphatic carbocycles. The molecular weight excluding hydrogens is 766 g/mol. The van der Waals surface area contributed by atoms with E-state index < -0.39 is 12.8 Å². The molecule has 0 saturated heterocycles. The lowest BCUT2D eigenvalue weighted by atomic mass is 8.64. The molecule has 0 bridgehead atoms. The Labute approximate surface area is 360 Å². The Hall–Kier alpha value is -5.14. The maximum atomic E-state index is 13.0. The maximum absolute atomic E-state index is 13.0. The van der Waals surface area contributed by atoms with Crippen molar-refractivity contribution < 1.29 is 9.84 Å². The van der Waals surface area contributed by atoms with Gasteiger partial charge in [0.25, 0.3) is 11.1 Å². The number of anilines is 2. The molecule has 1 N–H and O–H groups in total. The van der Waals surface area contributed by atoms with Gasteiger partial charge in [-0.2, -0.15) is 0 Å². The summed E-state index contributed by atoms with van der Waals surface area (Å²) in [6, 6.07) is 21.9. The molecule has 8 aromatic rings. The highest BCUT2D eigenvalue weighted by Crippen LogP contribution is 2.37. The maximum Gasteiger partial charge on any atom is 0.273 e. The van der Waals surface area contributed by atoms with Crippen molar-refractivity contribution in [2.45, 2.75) is 7.43 Å². The van der Waals surface area contributed by atoms with Gasteiger partial charge in [-0.15, -0.1) is 22.7 Å². The van der Waals surface area contributed by atoms with Crippen molar-refractivity contribution in [3.05, 3.63) is 118 Å². The van der Waals surface area contributed by atoms with E-state index in [-0.39, 0.29) is 30.7 Å². The van der Waals surface area contributed by atoms with Crippen LogP contribution in [0, 0.1) is 0 Å². The van der Waals surface area contributed by atoms with E-state index in [1.807, 2.05) is 92.7 Å². The number of ether oxygens (including phenoxy) is 1. The lowest BCUT2D eigenvalue weighted by molar-refractivity contribution is 0.414. The van der Waals surface area contributed by atoms with Crippen molar-refractivity contribution in [2.24, 2.45) is 0 Å². The molecule has 0 fully saturated rings. The number of nitrogens with zero attached hydrogens (tertiary/aromatic N) is 6. The van der Waals surface area contributed by atoms with Gasteiger partial charge in [0.05, 0.1) is 7.11 Å². The Balaban J connectivity index is 0.000000184. The van der Waals surface area contributed by atoms with Crippen LogP contribution in [0.25, 0.3) is 52.0 Å². The van der Waals surface area contributed by atoms with Crippen LogP contribution in [0.2, 0.25) is 0 Å². The van der Waals surface area contributed by atoms with Crippen LogP contribution >= 0.6 is 22.7 Å². The van der Waals surface area contributed by atoms with Gasteiger partial charge in [0.15, 0.2) is 0 Å². The first-order valence-corrected chi connectivity index (χ1v) is 19.6. The highest BCUT2D eigenvalue weighted by molar-refractivity contribution is 7.93. The van der Waals surface area contributed by atoms with Gasteiger partial charge in [0, 0.05) is 162 Å². The van der Waals surface area contributed by atoms with Crippen LogP contribution in [0.3, 0.4) is 0 Å². The zero-order valence-corrected chi connectivity index (χ0v) is 34.2. The molecule has 281 valence electrons. The Kier molecular flexibility index (Phi) is 14.7. The van der Waals surface area contributed by atoms with Crippen molar-refractivity contribution in [2.75, 3.05) is 45.1 Å². The molecule has 11 radical (unpaired) electrons. The molecule has 10 nitrogen and oxygen atoms in total. The lowest BCUT2D eigenvalue weighted by Crippen LogP contribution is -2.55. The summed E-state index contributed by atoms with van der Waals surface area (Å²) in [4.78, 5) is 40.7. The lowest BCUT2D eigenvalue weighted by Gasteiger charge is -2.17. The molecule has 0 aliphatic rings.